The van der Waals surface area contributed by atoms with Crippen molar-refractivity contribution in [3.05, 3.63) is 36.4 Å². The Balaban J connectivity index is 2.90. The van der Waals surface area contributed by atoms with Crippen LogP contribution in [-0.4, -0.2) is 15.5 Å². The summed E-state index contributed by atoms with van der Waals surface area (Å²) in [4.78, 5) is 10.2. The first-order valence-corrected chi connectivity index (χ1v) is 5.52. The molecule has 0 heterocycles. The van der Waals surface area contributed by atoms with Gasteiger partial charge in [-0.2, -0.15) is 0 Å². The fourth-order valence-corrected chi connectivity index (χ4v) is 1.66. The Bertz CT molecular complexity index is 424. The molecule has 15 heavy (non-hydrogen) atoms. The fourth-order valence-electron chi connectivity index (χ4n) is 0.910. The van der Waals surface area contributed by atoms with Crippen LogP contribution >= 0.6 is 0 Å². The first-order chi connectivity index (χ1) is 7.10. The summed E-state index contributed by atoms with van der Waals surface area (Å²) in [7, 11) is -2.48. The van der Waals surface area contributed by atoms with Gasteiger partial charge in [-0.05, 0) is 17.7 Å². The van der Waals surface area contributed by atoms with E-state index in [9.17, 15) is 8.42 Å². The van der Waals surface area contributed by atoms with Crippen molar-refractivity contribution in [3.8, 4) is 0 Å². The van der Waals surface area contributed by atoms with Crippen molar-refractivity contribution in [1.29, 1.82) is 0 Å². The summed E-state index contributed by atoms with van der Waals surface area (Å²) in [6, 6.07) is 6.15. The van der Waals surface area contributed by atoms with E-state index in [4.69, 9.17) is 0 Å². The molecule has 1 aromatic carbocycles. The molecule has 0 bridgehead atoms. The highest BCUT2D eigenvalue weighted by Crippen LogP contribution is 2.10. The van der Waals surface area contributed by atoms with Gasteiger partial charge in [0.1, 0.15) is 0 Å². The first kappa shape index (κ1) is 11.9. The number of nitrogens with one attached hydrogen (secondary N) is 1. The Labute approximate surface area is 88.3 Å². The van der Waals surface area contributed by atoms with Crippen molar-refractivity contribution >= 4 is 16.1 Å². The molecule has 0 aromatic heterocycles. The van der Waals surface area contributed by atoms with Crippen molar-refractivity contribution in [1.82, 2.24) is 4.89 Å². The molecule has 0 radical (unpaired) electrons. The highest BCUT2D eigenvalue weighted by Gasteiger charge is 2.13. The Morgan fingerprint density at radius 3 is 2.40 bits per heavy atom. The molecule has 5 nitrogen and oxygen atoms in total. The van der Waals surface area contributed by atoms with Crippen LogP contribution in [0.1, 0.15) is 5.56 Å². The van der Waals surface area contributed by atoms with Crippen molar-refractivity contribution < 1.29 is 18.3 Å². The van der Waals surface area contributed by atoms with Gasteiger partial charge in [0.05, 0.1) is 12.0 Å². The molecule has 0 aliphatic rings. The molecular formula is C9H11NO4S. The van der Waals surface area contributed by atoms with Gasteiger partial charge in [0.15, 0.2) is 0 Å². The molecule has 1 aromatic rings. The lowest BCUT2D eigenvalue weighted by atomic mass is 10.2. The van der Waals surface area contributed by atoms with Crippen LogP contribution < -0.4 is 4.89 Å². The number of rotatable bonds is 5. The summed E-state index contributed by atoms with van der Waals surface area (Å²) in [6.45, 7) is 3.56. The average molecular weight is 229 g/mol. The first-order valence-electron chi connectivity index (χ1n) is 4.04. The standard InChI is InChI=1S/C9H11NO4S/c1-3-8-4-6-9(7-5-8)15(11,12)10-14-13-2/h3-7,10H,1H2,2H3. The third-order valence-electron chi connectivity index (χ3n) is 1.65. The van der Waals surface area contributed by atoms with Gasteiger partial charge in [-0.1, -0.05) is 29.7 Å². The quantitative estimate of drug-likeness (QED) is 0.606. The molecule has 0 unspecified atom stereocenters. The maximum atomic E-state index is 11.4. The highest BCUT2D eigenvalue weighted by atomic mass is 32.2. The van der Waals surface area contributed by atoms with Gasteiger partial charge in [-0.3, -0.25) is 0 Å². The minimum Gasteiger partial charge on any atom is -0.221 e. The molecule has 0 saturated carbocycles. The molecule has 1 N–H and O–H groups in total. The lowest BCUT2D eigenvalue weighted by Crippen LogP contribution is -2.23. The predicted octanol–water partition coefficient (Wildman–Crippen LogP) is 1.10. The second-order valence-electron chi connectivity index (χ2n) is 2.61. The van der Waals surface area contributed by atoms with E-state index in [0.717, 1.165) is 5.56 Å². The summed E-state index contributed by atoms with van der Waals surface area (Å²) in [5.41, 5.74) is 0.835. The lowest BCUT2D eigenvalue weighted by Gasteiger charge is -2.04. The van der Waals surface area contributed by atoms with Crippen LogP contribution in [0.15, 0.2) is 35.7 Å². The van der Waals surface area contributed by atoms with E-state index in [1.165, 1.54) is 19.2 Å². The SMILES string of the molecule is C=Cc1ccc(S(=O)(=O)NOOC)cc1. The monoisotopic (exact) mass is 229 g/mol. The van der Waals surface area contributed by atoms with Crippen LogP contribution in [0, 0.1) is 0 Å². The van der Waals surface area contributed by atoms with E-state index in [2.05, 4.69) is 16.5 Å². The second kappa shape index (κ2) is 5.04. The fraction of sp³-hybridized carbons (Fsp3) is 0.111. The van der Waals surface area contributed by atoms with Gasteiger partial charge in [0.2, 0.25) is 0 Å². The zero-order chi connectivity index (χ0) is 11.3. The van der Waals surface area contributed by atoms with Crippen molar-refractivity contribution in [3.63, 3.8) is 0 Å². The normalized spacial score (nSPS) is 11.3. The molecule has 0 aliphatic heterocycles. The zero-order valence-electron chi connectivity index (χ0n) is 8.14. The topological polar surface area (TPSA) is 64.6 Å². The second-order valence-corrected chi connectivity index (χ2v) is 4.25. The van der Waals surface area contributed by atoms with Gasteiger partial charge in [0, 0.05) is 0 Å². The summed E-state index contributed by atoms with van der Waals surface area (Å²) in [6.07, 6.45) is 1.62. The smallest absolute Gasteiger partial charge is 0.221 e. The van der Waals surface area contributed by atoms with Crippen molar-refractivity contribution in [2.75, 3.05) is 7.11 Å². The summed E-state index contributed by atoms with van der Waals surface area (Å²) in [5, 5.41) is 0. The zero-order valence-corrected chi connectivity index (χ0v) is 8.95. The Morgan fingerprint density at radius 2 is 1.93 bits per heavy atom. The van der Waals surface area contributed by atoms with Crippen LogP contribution in [0.3, 0.4) is 0 Å². The van der Waals surface area contributed by atoms with Crippen LogP contribution in [0.25, 0.3) is 6.08 Å². The third kappa shape index (κ3) is 3.14. The molecule has 1 rings (SSSR count). The molecule has 0 fully saturated rings. The maximum Gasteiger partial charge on any atom is 0.264 e. The molecule has 0 aliphatic carbocycles. The molecular weight excluding hydrogens is 218 g/mol. The Kier molecular flexibility index (Phi) is 3.98. The van der Waals surface area contributed by atoms with E-state index >= 15 is 0 Å². The molecule has 6 heteroatoms. The van der Waals surface area contributed by atoms with Gasteiger partial charge >= 0.3 is 0 Å². The van der Waals surface area contributed by atoms with E-state index < -0.39 is 10.0 Å². The molecule has 0 amide bonds. The minimum absolute atomic E-state index is 0.0881. The van der Waals surface area contributed by atoms with E-state index in [1.807, 2.05) is 0 Å². The Morgan fingerprint density at radius 1 is 1.33 bits per heavy atom. The van der Waals surface area contributed by atoms with Crippen LogP contribution in [0.5, 0.6) is 0 Å². The van der Waals surface area contributed by atoms with Gasteiger partial charge in [-0.25, -0.2) is 13.3 Å². The molecule has 0 spiro atoms. The largest absolute Gasteiger partial charge is 0.264 e. The number of sulfonamides is 1. The number of hydrogen-bond donors (Lipinski definition) is 1. The number of hydrogen-bond acceptors (Lipinski definition) is 4. The lowest BCUT2D eigenvalue weighted by molar-refractivity contribution is -0.296. The summed E-state index contributed by atoms with van der Waals surface area (Å²) < 4.78 is 22.9. The molecule has 0 atom stereocenters. The maximum absolute atomic E-state index is 11.4. The predicted molar refractivity (Wildman–Crippen MR) is 54.9 cm³/mol. The van der Waals surface area contributed by atoms with E-state index in [1.54, 1.807) is 23.1 Å². The number of benzene rings is 1. The van der Waals surface area contributed by atoms with Gasteiger partial charge in [-0.15, -0.1) is 4.99 Å². The van der Waals surface area contributed by atoms with Crippen molar-refractivity contribution in [2.24, 2.45) is 0 Å². The highest BCUT2D eigenvalue weighted by molar-refractivity contribution is 7.89. The van der Waals surface area contributed by atoms with Crippen LogP contribution in [-0.2, 0) is 19.9 Å². The third-order valence-corrected chi connectivity index (χ3v) is 2.83. The molecule has 0 saturated heterocycles. The average Bonchev–Trinajstić information content (AvgIpc) is 2.26. The summed E-state index contributed by atoms with van der Waals surface area (Å²) in [5.74, 6) is 0. The van der Waals surface area contributed by atoms with E-state index in [-0.39, 0.29) is 4.90 Å². The van der Waals surface area contributed by atoms with Crippen molar-refractivity contribution in [2.45, 2.75) is 4.90 Å². The van der Waals surface area contributed by atoms with Crippen LogP contribution in [0.4, 0.5) is 0 Å². The van der Waals surface area contributed by atoms with Gasteiger partial charge < -0.3 is 0 Å². The van der Waals surface area contributed by atoms with Crippen LogP contribution in [0.2, 0.25) is 0 Å². The molecule has 82 valence electrons. The minimum atomic E-state index is -3.68. The Hall–Kier alpha value is -1.21. The summed E-state index contributed by atoms with van der Waals surface area (Å²) >= 11 is 0. The van der Waals surface area contributed by atoms with E-state index in [0.29, 0.717) is 0 Å². The van der Waals surface area contributed by atoms with Gasteiger partial charge in [0.25, 0.3) is 10.0 Å².